The highest BCUT2D eigenvalue weighted by molar-refractivity contribution is 6.03. The number of aliphatic hydroxyl groups excluding tert-OH is 1. The molecule has 104 valence electrons. The van der Waals surface area contributed by atoms with Gasteiger partial charge < -0.3 is 10.0 Å². The summed E-state index contributed by atoms with van der Waals surface area (Å²) in [5.41, 5.74) is -0.399. The van der Waals surface area contributed by atoms with E-state index in [1.807, 2.05) is 0 Å². The minimum atomic E-state index is -0.721. The Balaban J connectivity index is 3.57. The average molecular weight is 275 g/mol. The van der Waals surface area contributed by atoms with Crippen LogP contribution in [0.2, 0.25) is 0 Å². The Kier molecular flexibility index (Phi) is 4.43. The lowest BCUT2D eigenvalue weighted by Crippen LogP contribution is -2.24. The van der Waals surface area contributed by atoms with Gasteiger partial charge in [-0.3, -0.25) is 14.9 Å². The first kappa shape index (κ1) is 15.2. The molecular weight excluding hydrogens is 262 g/mol. The molecule has 1 N–H and O–H groups in total. The molecule has 0 atom stereocenters. The minimum absolute atomic E-state index is 0.151. The summed E-state index contributed by atoms with van der Waals surface area (Å²) in [6.45, 7) is 1.68. The highest BCUT2D eigenvalue weighted by Gasteiger charge is 2.24. The third-order valence-corrected chi connectivity index (χ3v) is 2.57. The SMILES string of the molecule is Cc1ccc([N+](=O)[O-])c(/C(O)=C(\C#N)C(=O)N(C)C)c1. The molecule has 7 nitrogen and oxygen atoms in total. The number of aliphatic hydroxyl groups is 1. The van der Waals surface area contributed by atoms with Crippen molar-refractivity contribution in [2.75, 3.05) is 14.1 Å². The van der Waals surface area contributed by atoms with Crippen LogP contribution in [0.4, 0.5) is 5.69 Å². The molecule has 1 amide bonds. The molecule has 1 aromatic carbocycles. The molecule has 0 radical (unpaired) electrons. The third kappa shape index (κ3) is 2.92. The van der Waals surface area contributed by atoms with E-state index in [0.717, 1.165) is 4.90 Å². The molecule has 0 aliphatic rings. The zero-order chi connectivity index (χ0) is 15.4. The molecule has 1 aromatic rings. The van der Waals surface area contributed by atoms with E-state index in [1.165, 1.54) is 32.3 Å². The molecule has 0 heterocycles. The maximum absolute atomic E-state index is 11.8. The smallest absolute Gasteiger partial charge is 0.280 e. The highest BCUT2D eigenvalue weighted by atomic mass is 16.6. The number of aryl methyl sites for hydroxylation is 1. The fourth-order valence-corrected chi connectivity index (χ4v) is 1.56. The van der Waals surface area contributed by atoms with Gasteiger partial charge in [-0.2, -0.15) is 5.26 Å². The fraction of sp³-hybridized carbons (Fsp3) is 0.231. The predicted octanol–water partition coefficient (Wildman–Crippen LogP) is 1.78. The second kappa shape index (κ2) is 5.84. The maximum atomic E-state index is 11.8. The average Bonchev–Trinajstić information content (AvgIpc) is 2.38. The number of nitrogens with zero attached hydrogens (tertiary/aromatic N) is 3. The summed E-state index contributed by atoms with van der Waals surface area (Å²) in [6.07, 6.45) is 0. The van der Waals surface area contributed by atoms with Crippen molar-refractivity contribution in [3.63, 3.8) is 0 Å². The normalized spacial score (nSPS) is 11.3. The highest BCUT2D eigenvalue weighted by Crippen LogP contribution is 2.27. The number of likely N-dealkylation sites (N-methyl/N-ethyl adjacent to an activating group) is 1. The lowest BCUT2D eigenvalue weighted by atomic mass is 10.0. The number of amides is 1. The van der Waals surface area contributed by atoms with Crippen molar-refractivity contribution >= 4 is 17.4 Å². The first-order chi connectivity index (χ1) is 9.29. The van der Waals surface area contributed by atoms with Gasteiger partial charge in [0.1, 0.15) is 6.07 Å². The van der Waals surface area contributed by atoms with Crippen LogP contribution in [-0.4, -0.2) is 34.9 Å². The summed E-state index contributed by atoms with van der Waals surface area (Å²) in [5.74, 6) is -1.41. The number of benzene rings is 1. The Morgan fingerprint density at radius 2 is 2.05 bits per heavy atom. The summed E-state index contributed by atoms with van der Waals surface area (Å²) >= 11 is 0. The van der Waals surface area contributed by atoms with Crippen molar-refractivity contribution < 1.29 is 14.8 Å². The van der Waals surface area contributed by atoms with Gasteiger partial charge in [-0.05, 0) is 18.6 Å². The van der Waals surface area contributed by atoms with Gasteiger partial charge in [-0.15, -0.1) is 0 Å². The van der Waals surface area contributed by atoms with Gasteiger partial charge in [0.15, 0.2) is 11.3 Å². The predicted molar refractivity (Wildman–Crippen MR) is 71.7 cm³/mol. The van der Waals surface area contributed by atoms with Gasteiger partial charge in [0, 0.05) is 20.2 Å². The molecule has 0 aliphatic carbocycles. The monoisotopic (exact) mass is 275 g/mol. The lowest BCUT2D eigenvalue weighted by Gasteiger charge is -2.11. The number of hydrogen-bond donors (Lipinski definition) is 1. The molecule has 0 unspecified atom stereocenters. The van der Waals surface area contributed by atoms with Crippen LogP contribution in [0.15, 0.2) is 23.8 Å². The second-order valence-electron chi connectivity index (χ2n) is 4.31. The second-order valence-corrected chi connectivity index (χ2v) is 4.31. The topological polar surface area (TPSA) is 107 Å². The van der Waals surface area contributed by atoms with Crippen LogP contribution >= 0.6 is 0 Å². The molecule has 0 saturated carbocycles. The quantitative estimate of drug-likeness (QED) is 0.297. The molecule has 0 bridgehead atoms. The Morgan fingerprint density at radius 3 is 2.50 bits per heavy atom. The van der Waals surface area contributed by atoms with Crippen LogP contribution in [0.5, 0.6) is 0 Å². The lowest BCUT2D eigenvalue weighted by molar-refractivity contribution is -0.385. The summed E-state index contributed by atoms with van der Waals surface area (Å²) in [6, 6.07) is 5.66. The van der Waals surface area contributed by atoms with E-state index in [9.17, 15) is 20.0 Å². The number of nitro groups is 1. The van der Waals surface area contributed by atoms with Crippen molar-refractivity contribution in [3.05, 3.63) is 45.0 Å². The summed E-state index contributed by atoms with van der Waals surface area (Å²) in [4.78, 5) is 23.1. The van der Waals surface area contributed by atoms with Gasteiger partial charge >= 0.3 is 0 Å². The van der Waals surface area contributed by atoms with Crippen molar-refractivity contribution in [2.24, 2.45) is 0 Å². The number of nitriles is 1. The Hall–Kier alpha value is -2.88. The van der Waals surface area contributed by atoms with Crippen molar-refractivity contribution in [2.45, 2.75) is 6.92 Å². The van der Waals surface area contributed by atoms with Gasteiger partial charge in [0.05, 0.1) is 10.5 Å². The van der Waals surface area contributed by atoms with Crippen LogP contribution in [0.25, 0.3) is 5.76 Å². The molecule has 0 aromatic heterocycles. The Morgan fingerprint density at radius 1 is 1.45 bits per heavy atom. The van der Waals surface area contributed by atoms with Gasteiger partial charge in [0.25, 0.3) is 11.6 Å². The zero-order valence-corrected chi connectivity index (χ0v) is 11.2. The Bertz CT molecular complexity index is 642. The minimum Gasteiger partial charge on any atom is -0.505 e. The van der Waals surface area contributed by atoms with Gasteiger partial charge in [-0.1, -0.05) is 6.07 Å². The third-order valence-electron chi connectivity index (χ3n) is 2.57. The van der Waals surface area contributed by atoms with Crippen LogP contribution < -0.4 is 0 Å². The standard InChI is InChI=1S/C13H13N3O4/c1-8-4-5-11(16(19)20)9(6-8)12(17)10(7-14)13(18)15(2)3/h4-6,17H,1-3H3/b12-10-. The first-order valence-electron chi connectivity index (χ1n) is 5.60. The van der Waals surface area contributed by atoms with Crippen LogP contribution in [-0.2, 0) is 4.79 Å². The number of rotatable bonds is 3. The zero-order valence-electron chi connectivity index (χ0n) is 11.2. The number of carbonyl (C=O) groups excluding carboxylic acids is 1. The van der Waals surface area contributed by atoms with Crippen molar-refractivity contribution in [3.8, 4) is 6.07 Å². The maximum Gasteiger partial charge on any atom is 0.280 e. The summed E-state index contributed by atoms with van der Waals surface area (Å²) in [5, 5.41) is 30.0. The Labute approximate surface area is 115 Å². The van der Waals surface area contributed by atoms with E-state index < -0.39 is 22.2 Å². The van der Waals surface area contributed by atoms with E-state index in [0.29, 0.717) is 5.56 Å². The van der Waals surface area contributed by atoms with Crippen LogP contribution in [0.1, 0.15) is 11.1 Å². The fourth-order valence-electron chi connectivity index (χ4n) is 1.56. The molecule has 0 aliphatic heterocycles. The molecule has 7 heteroatoms. The van der Waals surface area contributed by atoms with Crippen molar-refractivity contribution in [1.82, 2.24) is 4.90 Å². The summed E-state index contributed by atoms with van der Waals surface area (Å²) < 4.78 is 0. The number of carbonyl (C=O) groups is 1. The van der Waals surface area contributed by atoms with Crippen LogP contribution in [0.3, 0.4) is 0 Å². The number of nitro benzene ring substituents is 1. The molecule has 0 fully saturated rings. The van der Waals surface area contributed by atoms with E-state index in [2.05, 4.69) is 0 Å². The molecule has 0 saturated heterocycles. The van der Waals surface area contributed by atoms with Crippen molar-refractivity contribution in [1.29, 1.82) is 5.26 Å². The van der Waals surface area contributed by atoms with E-state index in [1.54, 1.807) is 13.0 Å². The van der Waals surface area contributed by atoms with Gasteiger partial charge in [-0.25, -0.2) is 0 Å². The summed E-state index contributed by atoms with van der Waals surface area (Å²) in [7, 11) is 2.83. The largest absolute Gasteiger partial charge is 0.505 e. The molecular formula is C13H13N3O4. The molecule has 20 heavy (non-hydrogen) atoms. The van der Waals surface area contributed by atoms with E-state index in [-0.39, 0.29) is 11.3 Å². The van der Waals surface area contributed by atoms with E-state index in [4.69, 9.17) is 5.26 Å². The van der Waals surface area contributed by atoms with Crippen LogP contribution in [0, 0.1) is 28.4 Å². The molecule has 1 rings (SSSR count). The first-order valence-corrected chi connectivity index (χ1v) is 5.60. The number of hydrogen-bond acceptors (Lipinski definition) is 5. The molecule has 0 spiro atoms. The van der Waals surface area contributed by atoms with Gasteiger partial charge in [0.2, 0.25) is 0 Å². The van der Waals surface area contributed by atoms with E-state index >= 15 is 0 Å².